The second kappa shape index (κ2) is 9.23. The first-order valence-electron chi connectivity index (χ1n) is 5.80. The molecule has 0 aromatic rings. The molecule has 0 saturated heterocycles. The van der Waals surface area contributed by atoms with Crippen LogP contribution in [0, 0.1) is 0 Å². The number of carbonyl (C=O) groups excluding carboxylic acids is 1. The van der Waals surface area contributed by atoms with Gasteiger partial charge in [0.1, 0.15) is 6.10 Å². The van der Waals surface area contributed by atoms with Crippen molar-refractivity contribution in [3.05, 3.63) is 0 Å². The second-order valence-corrected chi connectivity index (χ2v) is 3.91. The topological polar surface area (TPSA) is 116 Å². The normalized spacial score (nSPS) is 17.9. The summed E-state index contributed by atoms with van der Waals surface area (Å²) in [5.74, 6) is -0.829. The van der Waals surface area contributed by atoms with E-state index in [0.717, 1.165) is 7.11 Å². The largest absolute Gasteiger partial charge is 0.467 e. The predicted molar refractivity (Wildman–Crippen MR) is 61.8 cm³/mol. The first kappa shape index (κ1) is 17.3. The van der Waals surface area contributed by atoms with E-state index in [2.05, 4.69) is 4.74 Å². The van der Waals surface area contributed by atoms with E-state index in [1.54, 1.807) is 6.92 Å². The van der Waals surface area contributed by atoms with E-state index in [-0.39, 0.29) is 12.8 Å². The van der Waals surface area contributed by atoms with Crippen molar-refractivity contribution in [1.29, 1.82) is 0 Å². The van der Waals surface area contributed by atoms with E-state index in [0.29, 0.717) is 6.61 Å². The highest BCUT2D eigenvalue weighted by Crippen LogP contribution is 2.12. The number of methoxy groups -OCH3 is 1. The molecule has 0 heterocycles. The third-order valence-electron chi connectivity index (χ3n) is 2.47. The van der Waals surface area contributed by atoms with E-state index in [1.165, 1.54) is 0 Å². The fraction of sp³-hybridized carbons (Fsp3) is 0.909. The van der Waals surface area contributed by atoms with Crippen LogP contribution in [0.15, 0.2) is 0 Å². The van der Waals surface area contributed by atoms with Gasteiger partial charge >= 0.3 is 5.97 Å². The molecule has 4 atom stereocenters. The number of ether oxygens (including phenoxy) is 2. The Morgan fingerprint density at radius 1 is 1.22 bits per heavy atom. The summed E-state index contributed by atoms with van der Waals surface area (Å²) in [4.78, 5) is 10.9. The van der Waals surface area contributed by atoms with Crippen LogP contribution in [0.1, 0.15) is 19.8 Å². The van der Waals surface area contributed by atoms with Crippen LogP contribution in [0.3, 0.4) is 0 Å². The lowest BCUT2D eigenvalue weighted by Crippen LogP contribution is -2.37. The zero-order chi connectivity index (χ0) is 14.1. The van der Waals surface area contributed by atoms with Crippen molar-refractivity contribution in [2.75, 3.05) is 20.3 Å². The molecule has 18 heavy (non-hydrogen) atoms. The van der Waals surface area contributed by atoms with Gasteiger partial charge in [0.15, 0.2) is 6.10 Å². The molecule has 0 rings (SSSR count). The molecule has 108 valence electrons. The smallest absolute Gasteiger partial charge is 0.334 e. The summed E-state index contributed by atoms with van der Waals surface area (Å²) in [5, 5.41) is 37.3. The molecule has 0 bridgehead atoms. The highest BCUT2D eigenvalue weighted by molar-refractivity contribution is 5.74. The Labute approximate surface area is 106 Å². The number of hydrogen-bond donors (Lipinski definition) is 4. The number of carbonyl (C=O) groups is 1. The Morgan fingerprint density at radius 2 is 1.83 bits per heavy atom. The maximum Gasteiger partial charge on any atom is 0.334 e. The first-order valence-corrected chi connectivity index (χ1v) is 5.80. The lowest BCUT2D eigenvalue weighted by Gasteiger charge is -2.24. The van der Waals surface area contributed by atoms with Crippen molar-refractivity contribution in [3.63, 3.8) is 0 Å². The molecule has 1 unspecified atom stereocenters. The standard InChI is InChI=1S/C11H22O7/c1-3-18-10(9(15)6-12)5-7(13)4-8(14)11(16)17-2/h7-10,12-15H,3-6H2,1-2H3/t7-,8-,9?,10-/m1/s1. The van der Waals surface area contributed by atoms with E-state index in [4.69, 9.17) is 9.84 Å². The molecular formula is C11H22O7. The molecule has 0 amide bonds. The van der Waals surface area contributed by atoms with Crippen LogP contribution in [-0.4, -0.2) is 71.1 Å². The van der Waals surface area contributed by atoms with Gasteiger partial charge in [-0.05, 0) is 6.92 Å². The molecule has 0 saturated carbocycles. The summed E-state index contributed by atoms with van der Waals surface area (Å²) in [6.45, 7) is 1.54. The molecule has 0 radical (unpaired) electrons. The highest BCUT2D eigenvalue weighted by atomic mass is 16.5. The quantitative estimate of drug-likeness (QED) is 0.372. The monoisotopic (exact) mass is 266 g/mol. The van der Waals surface area contributed by atoms with E-state index < -0.39 is 37.0 Å². The summed E-state index contributed by atoms with van der Waals surface area (Å²) in [5.41, 5.74) is 0. The maximum absolute atomic E-state index is 10.9. The van der Waals surface area contributed by atoms with Gasteiger partial charge in [0.2, 0.25) is 0 Å². The van der Waals surface area contributed by atoms with Crippen LogP contribution in [-0.2, 0) is 14.3 Å². The second-order valence-electron chi connectivity index (χ2n) is 3.91. The van der Waals surface area contributed by atoms with Crippen molar-refractivity contribution < 1.29 is 34.7 Å². The fourth-order valence-electron chi connectivity index (χ4n) is 1.52. The lowest BCUT2D eigenvalue weighted by molar-refractivity contribution is -0.152. The van der Waals surface area contributed by atoms with Crippen molar-refractivity contribution in [2.24, 2.45) is 0 Å². The van der Waals surface area contributed by atoms with Gasteiger partial charge in [-0.2, -0.15) is 0 Å². The van der Waals surface area contributed by atoms with E-state index in [1.807, 2.05) is 0 Å². The Hall–Kier alpha value is -0.730. The predicted octanol–water partition coefficient (Wildman–Crippen LogP) is -1.58. The molecule has 0 aromatic carbocycles. The Balaban J connectivity index is 4.24. The first-order chi connectivity index (χ1) is 8.46. The molecule has 0 aliphatic heterocycles. The van der Waals surface area contributed by atoms with Crippen LogP contribution in [0.2, 0.25) is 0 Å². The van der Waals surface area contributed by atoms with Gasteiger partial charge in [-0.1, -0.05) is 0 Å². The summed E-state index contributed by atoms with van der Waals surface area (Å²) in [7, 11) is 1.14. The average molecular weight is 266 g/mol. The van der Waals surface area contributed by atoms with Crippen LogP contribution < -0.4 is 0 Å². The summed E-state index contributed by atoms with van der Waals surface area (Å²) in [6, 6.07) is 0. The molecular weight excluding hydrogens is 244 g/mol. The van der Waals surface area contributed by atoms with Gasteiger partial charge in [-0.3, -0.25) is 0 Å². The Bertz CT molecular complexity index is 233. The molecule has 0 aliphatic rings. The van der Waals surface area contributed by atoms with Crippen LogP contribution in [0.4, 0.5) is 0 Å². The highest BCUT2D eigenvalue weighted by Gasteiger charge is 2.26. The molecule has 7 heteroatoms. The van der Waals surface area contributed by atoms with Gasteiger partial charge in [-0.15, -0.1) is 0 Å². The minimum atomic E-state index is -1.42. The van der Waals surface area contributed by atoms with Crippen LogP contribution >= 0.6 is 0 Å². The van der Waals surface area contributed by atoms with Gasteiger partial charge in [-0.25, -0.2) is 4.79 Å². The fourth-order valence-corrected chi connectivity index (χ4v) is 1.52. The van der Waals surface area contributed by atoms with Crippen LogP contribution in [0.5, 0.6) is 0 Å². The van der Waals surface area contributed by atoms with Crippen molar-refractivity contribution in [3.8, 4) is 0 Å². The number of hydrogen-bond acceptors (Lipinski definition) is 7. The third kappa shape index (κ3) is 6.27. The average Bonchev–Trinajstić information content (AvgIpc) is 2.35. The van der Waals surface area contributed by atoms with E-state index in [9.17, 15) is 20.1 Å². The number of aliphatic hydroxyl groups excluding tert-OH is 4. The Morgan fingerprint density at radius 3 is 2.28 bits per heavy atom. The zero-order valence-electron chi connectivity index (χ0n) is 10.7. The summed E-state index contributed by atoms with van der Waals surface area (Å²) < 4.78 is 9.48. The van der Waals surface area contributed by atoms with Crippen molar-refractivity contribution in [2.45, 2.75) is 44.2 Å². The van der Waals surface area contributed by atoms with Crippen molar-refractivity contribution >= 4 is 5.97 Å². The zero-order valence-corrected chi connectivity index (χ0v) is 10.7. The molecule has 0 fully saturated rings. The van der Waals surface area contributed by atoms with Gasteiger partial charge < -0.3 is 29.9 Å². The molecule has 0 aliphatic carbocycles. The minimum Gasteiger partial charge on any atom is -0.467 e. The summed E-state index contributed by atoms with van der Waals surface area (Å²) in [6.07, 6.45) is -4.54. The van der Waals surface area contributed by atoms with Gasteiger partial charge in [0.05, 0.1) is 25.9 Å². The third-order valence-corrected chi connectivity index (χ3v) is 2.47. The van der Waals surface area contributed by atoms with Crippen LogP contribution in [0.25, 0.3) is 0 Å². The number of aliphatic hydroxyl groups is 4. The maximum atomic E-state index is 10.9. The van der Waals surface area contributed by atoms with E-state index >= 15 is 0 Å². The van der Waals surface area contributed by atoms with Gasteiger partial charge in [0, 0.05) is 19.4 Å². The molecule has 0 aromatic heterocycles. The summed E-state index contributed by atoms with van der Waals surface area (Å²) >= 11 is 0. The molecule has 0 spiro atoms. The molecule has 7 nitrogen and oxygen atoms in total. The Kier molecular flexibility index (Phi) is 8.86. The minimum absolute atomic E-state index is 0.00359. The number of rotatable bonds is 9. The lowest BCUT2D eigenvalue weighted by atomic mass is 10.0. The van der Waals surface area contributed by atoms with Crippen molar-refractivity contribution in [1.82, 2.24) is 0 Å². The number of esters is 1. The van der Waals surface area contributed by atoms with Gasteiger partial charge in [0.25, 0.3) is 0 Å². The SMILES string of the molecule is CCO[C@H](C[C@H](O)C[C@@H](O)C(=O)OC)C(O)CO. The molecule has 4 N–H and O–H groups in total.